The highest BCUT2D eigenvalue weighted by Crippen LogP contribution is 2.41. The number of nitrogens with one attached hydrogen (secondary N) is 1. The van der Waals surface area contributed by atoms with Gasteiger partial charge in [-0.1, -0.05) is 24.3 Å². The molecule has 0 saturated carbocycles. The summed E-state index contributed by atoms with van der Waals surface area (Å²) in [7, 11) is 1.76. The third kappa shape index (κ3) is 4.52. The second kappa shape index (κ2) is 9.62. The molecular formula is C28H23F4N5O2. The molecule has 2 amide bonds. The van der Waals surface area contributed by atoms with Gasteiger partial charge < -0.3 is 15.1 Å². The van der Waals surface area contributed by atoms with Crippen LogP contribution >= 0.6 is 0 Å². The van der Waals surface area contributed by atoms with E-state index in [1.807, 2.05) is 35.2 Å². The van der Waals surface area contributed by atoms with Crippen molar-refractivity contribution < 1.29 is 27.2 Å². The number of hydrogen-bond donors (Lipinski definition) is 1. The lowest BCUT2D eigenvalue weighted by Gasteiger charge is -2.58. The quantitative estimate of drug-likeness (QED) is 0.489. The summed E-state index contributed by atoms with van der Waals surface area (Å²) in [6.45, 7) is -0.332. The first-order valence-corrected chi connectivity index (χ1v) is 12.1. The maximum atomic E-state index is 14.9. The molecular weight excluding hydrogens is 514 g/mol. The van der Waals surface area contributed by atoms with E-state index in [4.69, 9.17) is 5.26 Å². The first-order valence-electron chi connectivity index (χ1n) is 12.1. The van der Waals surface area contributed by atoms with E-state index in [-0.39, 0.29) is 30.9 Å². The molecule has 39 heavy (non-hydrogen) atoms. The van der Waals surface area contributed by atoms with Crippen LogP contribution in [0.1, 0.15) is 16.7 Å². The van der Waals surface area contributed by atoms with Crippen molar-refractivity contribution in [2.24, 2.45) is 0 Å². The Morgan fingerprint density at radius 3 is 2.31 bits per heavy atom. The van der Waals surface area contributed by atoms with Crippen LogP contribution in [0.3, 0.4) is 0 Å². The highest BCUT2D eigenvalue weighted by atomic mass is 19.4. The van der Waals surface area contributed by atoms with Crippen molar-refractivity contribution in [2.45, 2.75) is 18.3 Å². The Balaban J connectivity index is 1.50. The number of benzene rings is 3. The van der Waals surface area contributed by atoms with Gasteiger partial charge in [0.25, 0.3) is 5.91 Å². The van der Waals surface area contributed by atoms with E-state index >= 15 is 0 Å². The van der Waals surface area contributed by atoms with Crippen LogP contribution in [0.2, 0.25) is 0 Å². The Hall–Kier alpha value is -4.59. The summed E-state index contributed by atoms with van der Waals surface area (Å²) in [4.78, 5) is 31.9. The number of carbonyl (C=O) groups excluding carboxylic acids is 2. The molecule has 11 heteroatoms. The highest BCUT2D eigenvalue weighted by Gasteiger charge is 2.60. The van der Waals surface area contributed by atoms with E-state index in [0.29, 0.717) is 5.56 Å². The van der Waals surface area contributed by atoms with Gasteiger partial charge >= 0.3 is 6.18 Å². The van der Waals surface area contributed by atoms with Gasteiger partial charge in [0, 0.05) is 13.6 Å². The Morgan fingerprint density at radius 1 is 1.00 bits per heavy atom. The van der Waals surface area contributed by atoms with Crippen LogP contribution < -0.4 is 15.1 Å². The van der Waals surface area contributed by atoms with E-state index in [1.54, 1.807) is 7.05 Å². The number of anilines is 3. The van der Waals surface area contributed by atoms with Gasteiger partial charge in [0.2, 0.25) is 5.91 Å². The fraction of sp³-hybridized carbons (Fsp3) is 0.250. The predicted molar refractivity (Wildman–Crippen MR) is 136 cm³/mol. The number of amides is 2. The summed E-state index contributed by atoms with van der Waals surface area (Å²) < 4.78 is 54.1. The summed E-state index contributed by atoms with van der Waals surface area (Å²) >= 11 is 0. The molecule has 0 bridgehead atoms. The van der Waals surface area contributed by atoms with Gasteiger partial charge in [-0.15, -0.1) is 0 Å². The molecule has 2 heterocycles. The van der Waals surface area contributed by atoms with E-state index < -0.39 is 41.5 Å². The Kier molecular flexibility index (Phi) is 6.42. The monoisotopic (exact) mass is 537 g/mol. The molecule has 2 aliphatic heterocycles. The van der Waals surface area contributed by atoms with Gasteiger partial charge in [-0.25, -0.2) is 4.39 Å². The molecule has 2 saturated heterocycles. The van der Waals surface area contributed by atoms with Crippen LogP contribution in [0.4, 0.5) is 34.6 Å². The average molecular weight is 538 g/mol. The molecule has 3 aromatic carbocycles. The van der Waals surface area contributed by atoms with Crippen LogP contribution in [0.25, 0.3) is 0 Å². The second-order valence-corrected chi connectivity index (χ2v) is 9.50. The highest BCUT2D eigenvalue weighted by molar-refractivity contribution is 6.11. The zero-order chi connectivity index (χ0) is 27.9. The van der Waals surface area contributed by atoms with E-state index in [9.17, 15) is 27.2 Å². The van der Waals surface area contributed by atoms with Gasteiger partial charge in [0.1, 0.15) is 12.4 Å². The smallest absolute Gasteiger partial charge is 0.386 e. The Bertz CT molecular complexity index is 1480. The second-order valence-electron chi connectivity index (χ2n) is 9.50. The van der Waals surface area contributed by atoms with Gasteiger partial charge in [0.15, 0.2) is 5.54 Å². The van der Waals surface area contributed by atoms with Crippen molar-refractivity contribution in [1.29, 1.82) is 5.26 Å². The van der Waals surface area contributed by atoms with Crippen LogP contribution in [0.5, 0.6) is 0 Å². The fourth-order valence-corrected chi connectivity index (χ4v) is 5.13. The summed E-state index contributed by atoms with van der Waals surface area (Å²) in [6.07, 6.45) is -4.50. The van der Waals surface area contributed by atoms with Gasteiger partial charge in [-0.2, -0.15) is 18.4 Å². The number of alkyl halides is 3. The average Bonchev–Trinajstić information content (AvgIpc) is 2.89. The van der Waals surface area contributed by atoms with Crippen molar-refractivity contribution in [3.8, 4) is 6.07 Å². The zero-order valence-electron chi connectivity index (χ0n) is 20.8. The number of carbonyl (C=O) groups is 2. The van der Waals surface area contributed by atoms with Gasteiger partial charge in [-0.05, 0) is 48.0 Å². The molecule has 0 atom stereocenters. The Morgan fingerprint density at radius 2 is 1.69 bits per heavy atom. The number of halogens is 4. The molecule has 0 aliphatic carbocycles. The predicted octanol–water partition coefficient (Wildman–Crippen LogP) is 4.39. The first-order chi connectivity index (χ1) is 18.6. The number of rotatable bonds is 5. The van der Waals surface area contributed by atoms with E-state index in [2.05, 4.69) is 5.32 Å². The number of nitriles is 1. The normalized spacial score (nSPS) is 16.8. The minimum atomic E-state index is -4.50. The van der Waals surface area contributed by atoms with Crippen molar-refractivity contribution in [3.05, 3.63) is 89.2 Å². The van der Waals surface area contributed by atoms with Gasteiger partial charge in [-0.3, -0.25) is 14.5 Å². The molecule has 0 unspecified atom stereocenters. The summed E-state index contributed by atoms with van der Waals surface area (Å²) in [6, 6.07) is 17.4. The molecule has 0 aromatic heterocycles. The third-order valence-electron chi connectivity index (χ3n) is 7.16. The molecule has 2 fully saturated rings. The van der Waals surface area contributed by atoms with E-state index in [0.717, 1.165) is 34.5 Å². The van der Waals surface area contributed by atoms with Crippen LogP contribution in [-0.2, 0) is 22.3 Å². The Labute approximate surface area is 221 Å². The molecule has 200 valence electrons. The largest absolute Gasteiger partial charge is 0.416 e. The zero-order valence-corrected chi connectivity index (χ0v) is 20.8. The number of nitrogens with zero attached hydrogens (tertiary/aromatic N) is 4. The topological polar surface area (TPSA) is 79.7 Å². The summed E-state index contributed by atoms with van der Waals surface area (Å²) in [5, 5.41) is 12.2. The maximum Gasteiger partial charge on any atom is 0.416 e. The van der Waals surface area contributed by atoms with E-state index in [1.165, 1.54) is 29.2 Å². The van der Waals surface area contributed by atoms with Crippen LogP contribution in [0, 0.1) is 17.1 Å². The molecule has 7 nitrogen and oxygen atoms in total. The SMILES string of the molecule is CNc1ccccc1N1CC2(C1)C(=O)N(c1ccc(C#N)cc1F)CC(=O)N2Cc1ccc(C(F)(F)F)cc1. The van der Waals surface area contributed by atoms with Crippen molar-refractivity contribution in [1.82, 2.24) is 4.90 Å². The standard InChI is InChI=1S/C28H23F4N5O2/c1-34-22-4-2-3-5-24(22)35-16-27(17-35)26(39)36(23-11-8-19(13-33)12-21(23)29)15-25(38)37(27)14-18-6-9-20(10-7-18)28(30,31)32/h2-12,34H,14-17H2,1H3. The van der Waals surface area contributed by atoms with Crippen LogP contribution in [-0.4, -0.2) is 48.9 Å². The number of hydrogen-bond acceptors (Lipinski definition) is 5. The summed E-state index contributed by atoms with van der Waals surface area (Å²) in [5.41, 5.74) is -0.190. The molecule has 3 aromatic rings. The number of para-hydroxylation sites is 2. The lowest BCUT2D eigenvalue weighted by Crippen LogP contribution is -2.81. The fourth-order valence-electron chi connectivity index (χ4n) is 5.13. The van der Waals surface area contributed by atoms with Gasteiger partial charge in [0.05, 0.1) is 47.3 Å². The number of piperazine rings is 1. The lowest BCUT2D eigenvalue weighted by molar-refractivity contribution is -0.153. The molecule has 1 spiro atoms. The molecule has 2 aliphatic rings. The minimum Gasteiger partial charge on any atom is -0.386 e. The lowest BCUT2D eigenvalue weighted by atomic mass is 9.82. The van der Waals surface area contributed by atoms with Crippen molar-refractivity contribution in [2.75, 3.05) is 41.8 Å². The molecule has 1 N–H and O–H groups in total. The molecule has 5 rings (SSSR count). The van der Waals surface area contributed by atoms with Crippen molar-refractivity contribution in [3.63, 3.8) is 0 Å². The van der Waals surface area contributed by atoms with Crippen LogP contribution in [0.15, 0.2) is 66.7 Å². The minimum absolute atomic E-state index is 0.0733. The summed E-state index contributed by atoms with van der Waals surface area (Å²) in [5.74, 6) is -1.78. The molecule has 0 radical (unpaired) electrons. The third-order valence-corrected chi connectivity index (χ3v) is 7.16. The maximum absolute atomic E-state index is 14.9. The first kappa shape index (κ1) is 26.0. The van der Waals surface area contributed by atoms with Crippen molar-refractivity contribution >= 4 is 28.9 Å².